The maximum atomic E-state index is 4.85. The molecule has 0 amide bonds. The van der Waals surface area contributed by atoms with Crippen LogP contribution in [0.3, 0.4) is 0 Å². The summed E-state index contributed by atoms with van der Waals surface area (Å²) in [6.07, 6.45) is 6.99. The summed E-state index contributed by atoms with van der Waals surface area (Å²) in [6, 6.07) is 0.426. The van der Waals surface area contributed by atoms with Crippen molar-refractivity contribution in [1.82, 2.24) is 24.8 Å². The van der Waals surface area contributed by atoms with Crippen LogP contribution >= 0.6 is 35.3 Å². The average Bonchev–Trinajstić information content (AvgIpc) is 3.31. The van der Waals surface area contributed by atoms with Crippen molar-refractivity contribution >= 4 is 46.4 Å². The van der Waals surface area contributed by atoms with E-state index in [4.69, 9.17) is 4.99 Å². The Morgan fingerprint density at radius 1 is 1.44 bits per heavy atom. The van der Waals surface area contributed by atoms with E-state index in [1.807, 2.05) is 31.5 Å². The third kappa shape index (κ3) is 5.56. The highest BCUT2D eigenvalue weighted by molar-refractivity contribution is 14.0. The highest BCUT2D eigenvalue weighted by atomic mass is 127. The van der Waals surface area contributed by atoms with Crippen molar-refractivity contribution in [3.05, 3.63) is 29.8 Å². The second-order valence-electron chi connectivity index (χ2n) is 6.98. The number of nitrogens with one attached hydrogen (secondary N) is 1. The van der Waals surface area contributed by atoms with Gasteiger partial charge in [-0.05, 0) is 19.3 Å². The standard InChI is InChI=1S/C18H29N7S.HI/c1-5-20-17(21-10-15-12-26-18(22-15)23(3)4)24-8-6-14(2)16(11-24)25-9-7-19-13-25;/h7,9,12-14,16H,5-6,8,10-11H2,1-4H3,(H,20,21);1H. The third-order valence-corrected chi connectivity index (χ3v) is 5.83. The number of aromatic nitrogens is 3. The van der Waals surface area contributed by atoms with Gasteiger partial charge in [0.2, 0.25) is 0 Å². The van der Waals surface area contributed by atoms with Crippen LogP contribution in [-0.4, -0.2) is 59.1 Å². The lowest BCUT2D eigenvalue weighted by molar-refractivity contribution is 0.189. The summed E-state index contributed by atoms with van der Waals surface area (Å²) >= 11 is 1.66. The van der Waals surface area contributed by atoms with Crippen molar-refractivity contribution in [3.63, 3.8) is 0 Å². The summed E-state index contributed by atoms with van der Waals surface area (Å²) in [5.74, 6) is 1.61. The fraction of sp³-hybridized carbons (Fsp3) is 0.611. The summed E-state index contributed by atoms with van der Waals surface area (Å²) in [4.78, 5) is 18.1. The van der Waals surface area contributed by atoms with E-state index in [0.29, 0.717) is 18.5 Å². The highest BCUT2D eigenvalue weighted by Gasteiger charge is 2.28. The van der Waals surface area contributed by atoms with Crippen LogP contribution in [-0.2, 0) is 6.54 Å². The topological polar surface area (TPSA) is 61.6 Å². The lowest BCUT2D eigenvalue weighted by Crippen LogP contribution is -2.49. The molecule has 1 aliphatic heterocycles. The molecule has 2 aromatic rings. The Labute approximate surface area is 182 Å². The number of nitrogens with zero attached hydrogens (tertiary/aromatic N) is 6. The number of imidazole rings is 1. The van der Waals surface area contributed by atoms with E-state index < -0.39 is 0 Å². The van der Waals surface area contributed by atoms with Gasteiger partial charge >= 0.3 is 0 Å². The van der Waals surface area contributed by atoms with Crippen LogP contribution in [0.4, 0.5) is 5.13 Å². The number of piperidine rings is 1. The summed E-state index contributed by atoms with van der Waals surface area (Å²) in [6.45, 7) is 7.88. The largest absolute Gasteiger partial charge is 0.357 e. The molecule has 2 aromatic heterocycles. The molecule has 3 rings (SSSR count). The van der Waals surface area contributed by atoms with E-state index in [2.05, 4.69) is 50.2 Å². The molecule has 0 spiro atoms. The van der Waals surface area contributed by atoms with Crippen LogP contribution < -0.4 is 10.2 Å². The number of likely N-dealkylation sites (tertiary alicyclic amines) is 1. The van der Waals surface area contributed by atoms with Crippen molar-refractivity contribution in [1.29, 1.82) is 0 Å². The van der Waals surface area contributed by atoms with Crippen molar-refractivity contribution in [2.24, 2.45) is 10.9 Å². The van der Waals surface area contributed by atoms with Crippen LogP contribution in [0.1, 0.15) is 32.0 Å². The number of rotatable bonds is 5. The molecule has 3 heterocycles. The Hall–Kier alpha value is -1.36. The minimum Gasteiger partial charge on any atom is -0.357 e. The van der Waals surface area contributed by atoms with Crippen LogP contribution in [0, 0.1) is 5.92 Å². The van der Waals surface area contributed by atoms with Gasteiger partial charge in [0.25, 0.3) is 0 Å². The Balaban J connectivity index is 0.00000261. The van der Waals surface area contributed by atoms with E-state index in [1.54, 1.807) is 11.3 Å². The lowest BCUT2D eigenvalue weighted by atomic mass is 9.93. The molecule has 0 saturated carbocycles. The fourth-order valence-electron chi connectivity index (χ4n) is 3.25. The molecular weight excluding hydrogens is 473 g/mol. The predicted molar refractivity (Wildman–Crippen MR) is 123 cm³/mol. The van der Waals surface area contributed by atoms with Crippen LogP contribution in [0.15, 0.2) is 29.1 Å². The van der Waals surface area contributed by atoms with Gasteiger partial charge in [0.15, 0.2) is 11.1 Å². The van der Waals surface area contributed by atoms with Gasteiger partial charge in [0.05, 0.1) is 24.6 Å². The zero-order valence-electron chi connectivity index (χ0n) is 16.5. The highest BCUT2D eigenvalue weighted by Crippen LogP contribution is 2.27. The van der Waals surface area contributed by atoms with Gasteiger partial charge in [-0.15, -0.1) is 35.3 Å². The number of guanidine groups is 1. The normalized spacial score (nSPS) is 20.3. The molecule has 0 radical (unpaired) electrons. The molecule has 27 heavy (non-hydrogen) atoms. The van der Waals surface area contributed by atoms with Gasteiger partial charge in [-0.2, -0.15) is 0 Å². The Morgan fingerprint density at radius 2 is 2.26 bits per heavy atom. The Morgan fingerprint density at radius 3 is 2.89 bits per heavy atom. The smallest absolute Gasteiger partial charge is 0.194 e. The van der Waals surface area contributed by atoms with Crippen molar-refractivity contribution in [2.45, 2.75) is 32.9 Å². The monoisotopic (exact) mass is 503 g/mol. The summed E-state index contributed by atoms with van der Waals surface area (Å²) in [5.41, 5.74) is 1.02. The van der Waals surface area contributed by atoms with Crippen molar-refractivity contribution in [2.75, 3.05) is 38.6 Å². The quantitative estimate of drug-likeness (QED) is 0.386. The number of aliphatic imine (C=N–C) groups is 1. The first kappa shape index (κ1) is 21.9. The van der Waals surface area contributed by atoms with Crippen LogP contribution in [0.5, 0.6) is 0 Å². The van der Waals surface area contributed by atoms with E-state index >= 15 is 0 Å². The molecule has 150 valence electrons. The lowest BCUT2D eigenvalue weighted by Gasteiger charge is -2.39. The molecule has 9 heteroatoms. The maximum Gasteiger partial charge on any atom is 0.194 e. The predicted octanol–water partition coefficient (Wildman–Crippen LogP) is 3.07. The summed E-state index contributed by atoms with van der Waals surface area (Å²) < 4.78 is 2.23. The van der Waals surface area contributed by atoms with Gasteiger partial charge in [-0.25, -0.2) is 15.0 Å². The zero-order valence-corrected chi connectivity index (χ0v) is 19.6. The van der Waals surface area contributed by atoms with Gasteiger partial charge in [-0.1, -0.05) is 6.92 Å². The Bertz CT molecular complexity index is 713. The number of halogens is 1. The molecule has 0 aliphatic carbocycles. The molecule has 1 fully saturated rings. The first-order valence-corrected chi connectivity index (χ1v) is 10.1. The average molecular weight is 503 g/mol. The van der Waals surface area contributed by atoms with Gasteiger partial charge in [0, 0.05) is 51.5 Å². The first-order chi connectivity index (χ1) is 12.6. The molecule has 0 bridgehead atoms. The number of anilines is 1. The second-order valence-corrected chi connectivity index (χ2v) is 7.81. The molecule has 1 N–H and O–H groups in total. The van der Waals surface area contributed by atoms with Gasteiger partial charge in [-0.3, -0.25) is 0 Å². The van der Waals surface area contributed by atoms with Crippen LogP contribution in [0.25, 0.3) is 0 Å². The summed E-state index contributed by atoms with van der Waals surface area (Å²) in [7, 11) is 4.03. The fourth-order valence-corrected chi connectivity index (χ4v) is 4.00. The summed E-state index contributed by atoms with van der Waals surface area (Å²) in [5, 5.41) is 6.56. The number of hydrogen-bond donors (Lipinski definition) is 1. The van der Waals surface area contributed by atoms with Crippen molar-refractivity contribution < 1.29 is 0 Å². The molecule has 2 atom stereocenters. The van der Waals surface area contributed by atoms with Gasteiger partial charge in [0.1, 0.15) is 0 Å². The van der Waals surface area contributed by atoms with Gasteiger partial charge < -0.3 is 19.7 Å². The number of hydrogen-bond acceptors (Lipinski definition) is 5. The zero-order chi connectivity index (χ0) is 18.5. The van der Waals surface area contributed by atoms with E-state index in [-0.39, 0.29) is 24.0 Å². The van der Waals surface area contributed by atoms with E-state index in [0.717, 1.165) is 42.8 Å². The molecule has 1 aliphatic rings. The molecule has 7 nitrogen and oxygen atoms in total. The molecular formula is C18H30IN7S. The minimum atomic E-state index is 0. The minimum absolute atomic E-state index is 0. The first-order valence-electron chi connectivity index (χ1n) is 9.21. The Kier molecular flexibility index (Phi) is 8.33. The van der Waals surface area contributed by atoms with E-state index in [1.165, 1.54) is 0 Å². The molecule has 1 saturated heterocycles. The van der Waals surface area contributed by atoms with E-state index in [9.17, 15) is 0 Å². The molecule has 2 unspecified atom stereocenters. The SMILES string of the molecule is CCNC(=NCc1csc(N(C)C)n1)N1CCC(C)C(n2ccnc2)C1.I. The second kappa shape index (κ2) is 10.3. The van der Waals surface area contributed by atoms with Crippen LogP contribution in [0.2, 0.25) is 0 Å². The maximum absolute atomic E-state index is 4.85. The molecule has 0 aromatic carbocycles. The third-order valence-electron chi connectivity index (χ3n) is 4.77. The number of thiazole rings is 1. The van der Waals surface area contributed by atoms with Crippen molar-refractivity contribution in [3.8, 4) is 0 Å².